The van der Waals surface area contributed by atoms with Gasteiger partial charge >= 0.3 is 0 Å². The fraction of sp³-hybridized carbons (Fsp3) is 0.207. The number of aromatic nitrogens is 3. The van der Waals surface area contributed by atoms with Crippen molar-refractivity contribution in [3.63, 3.8) is 0 Å². The van der Waals surface area contributed by atoms with Gasteiger partial charge in [0, 0.05) is 48.0 Å². The van der Waals surface area contributed by atoms with E-state index < -0.39 is 12.6 Å². The molecule has 40 heavy (non-hydrogen) atoms. The minimum Gasteiger partial charge on any atom is -0.497 e. The molecule has 11 heteroatoms. The number of aliphatic hydroxyl groups excluding tert-OH is 2. The summed E-state index contributed by atoms with van der Waals surface area (Å²) < 4.78 is 10.9. The Hall–Kier alpha value is -4.87. The summed E-state index contributed by atoms with van der Waals surface area (Å²) in [5.74, 6) is 2.13. The molecule has 4 N–H and O–H groups in total. The Labute approximate surface area is 232 Å². The van der Waals surface area contributed by atoms with E-state index in [1.54, 1.807) is 43.8 Å². The maximum absolute atomic E-state index is 11.7. The number of ether oxygens (including phenoxy) is 2. The Balaban J connectivity index is 1.52. The van der Waals surface area contributed by atoms with Gasteiger partial charge < -0.3 is 40.1 Å². The van der Waals surface area contributed by atoms with Crippen molar-refractivity contribution in [3.05, 3.63) is 97.0 Å². The lowest BCUT2D eigenvalue weighted by Gasteiger charge is -2.43. The van der Waals surface area contributed by atoms with Crippen LogP contribution in [0.25, 0.3) is 0 Å². The monoisotopic (exact) mass is 541 g/mol. The summed E-state index contributed by atoms with van der Waals surface area (Å²) in [4.78, 5) is 17.2. The van der Waals surface area contributed by atoms with Gasteiger partial charge in [0.2, 0.25) is 12.3 Å². The average molecular weight is 542 g/mol. The van der Waals surface area contributed by atoms with Gasteiger partial charge in [-0.3, -0.25) is 4.98 Å². The molecule has 3 heterocycles. The van der Waals surface area contributed by atoms with Gasteiger partial charge in [-0.15, -0.1) is 0 Å². The van der Waals surface area contributed by atoms with Crippen LogP contribution in [0.1, 0.15) is 11.1 Å². The third-order valence-electron chi connectivity index (χ3n) is 6.46. The molecule has 0 saturated heterocycles. The second kappa shape index (κ2) is 11.9. The molecule has 0 saturated carbocycles. The minimum atomic E-state index is -1.07. The highest BCUT2D eigenvalue weighted by atomic mass is 16.5. The number of methoxy groups -OCH3 is 2. The average Bonchev–Trinajstić information content (AvgIpc) is 2.99. The number of aliphatic hydroxyl groups is 2. The lowest BCUT2D eigenvalue weighted by atomic mass is 10.1. The first-order valence-corrected chi connectivity index (χ1v) is 12.6. The Morgan fingerprint density at radius 3 is 2.50 bits per heavy atom. The number of fused-ring (bicyclic) bond motifs is 1. The summed E-state index contributed by atoms with van der Waals surface area (Å²) in [5.41, 5.74) is 3.76. The largest absolute Gasteiger partial charge is 0.497 e. The van der Waals surface area contributed by atoms with Gasteiger partial charge in [-0.05, 0) is 29.8 Å². The second-order valence-corrected chi connectivity index (χ2v) is 9.07. The lowest BCUT2D eigenvalue weighted by Crippen LogP contribution is -2.52. The summed E-state index contributed by atoms with van der Waals surface area (Å²) >= 11 is 0. The summed E-state index contributed by atoms with van der Waals surface area (Å²) in [6.45, 7) is 4.30. The fourth-order valence-corrected chi connectivity index (χ4v) is 4.45. The first kappa shape index (κ1) is 26.7. The van der Waals surface area contributed by atoms with E-state index in [0.717, 1.165) is 11.1 Å². The number of benzene rings is 2. The Morgan fingerprint density at radius 1 is 1.07 bits per heavy atom. The van der Waals surface area contributed by atoms with Crippen molar-refractivity contribution in [2.24, 2.45) is 0 Å². The third kappa shape index (κ3) is 5.75. The molecule has 2 atom stereocenters. The van der Waals surface area contributed by atoms with Crippen molar-refractivity contribution >= 4 is 28.8 Å². The van der Waals surface area contributed by atoms with Crippen molar-refractivity contribution in [2.45, 2.75) is 25.7 Å². The van der Waals surface area contributed by atoms with Crippen LogP contribution in [0.5, 0.6) is 11.5 Å². The number of rotatable bonds is 10. The molecule has 0 spiro atoms. The first-order chi connectivity index (χ1) is 19.5. The topological polar surface area (TPSA) is 128 Å². The molecule has 1 aliphatic heterocycles. The summed E-state index contributed by atoms with van der Waals surface area (Å²) in [5, 5.41) is 27.9. The number of hydrogen-bond acceptors (Lipinski definition) is 11. The van der Waals surface area contributed by atoms with E-state index in [0.29, 0.717) is 53.4 Å². The molecule has 0 radical (unpaired) electrons. The first-order valence-electron chi connectivity index (χ1n) is 12.6. The maximum atomic E-state index is 11.7. The number of nitrogens with one attached hydrogen (secondary N) is 2. The van der Waals surface area contributed by atoms with Crippen LogP contribution < -0.4 is 29.9 Å². The maximum Gasteiger partial charge on any atom is 0.229 e. The molecule has 0 amide bonds. The van der Waals surface area contributed by atoms with Gasteiger partial charge in [-0.1, -0.05) is 24.8 Å². The molecule has 0 bridgehead atoms. The van der Waals surface area contributed by atoms with Gasteiger partial charge in [0.05, 0.1) is 38.7 Å². The van der Waals surface area contributed by atoms with Crippen LogP contribution in [0.15, 0.2) is 85.8 Å². The molecular weight excluding hydrogens is 510 g/mol. The van der Waals surface area contributed by atoms with Crippen molar-refractivity contribution in [2.75, 3.05) is 34.7 Å². The van der Waals surface area contributed by atoms with E-state index in [4.69, 9.17) is 14.5 Å². The van der Waals surface area contributed by atoms with Gasteiger partial charge in [0.1, 0.15) is 23.5 Å². The molecule has 0 aliphatic carbocycles. The van der Waals surface area contributed by atoms with Crippen LogP contribution in [0.3, 0.4) is 0 Å². The molecule has 11 nitrogen and oxygen atoms in total. The SMILES string of the molecule is C=CC(O)Nc1ccccc1Nc1ncc2c(n1)N(Cc1cccnc1)C(O)N(c1cc(OC)cc(OC)c1)C2. The predicted octanol–water partition coefficient (Wildman–Crippen LogP) is 3.85. The Bertz CT molecular complexity index is 1450. The smallest absolute Gasteiger partial charge is 0.229 e. The number of anilines is 5. The molecule has 2 aromatic carbocycles. The van der Waals surface area contributed by atoms with Gasteiger partial charge in [-0.25, -0.2) is 4.98 Å². The normalized spacial score (nSPS) is 15.2. The Morgan fingerprint density at radius 2 is 1.82 bits per heavy atom. The van der Waals surface area contributed by atoms with Gasteiger partial charge in [-0.2, -0.15) is 4.98 Å². The molecule has 2 unspecified atom stereocenters. The van der Waals surface area contributed by atoms with E-state index in [2.05, 4.69) is 27.2 Å². The quantitative estimate of drug-likeness (QED) is 0.173. The van der Waals surface area contributed by atoms with E-state index in [1.807, 2.05) is 53.4 Å². The molecule has 2 aromatic heterocycles. The molecule has 206 valence electrons. The third-order valence-corrected chi connectivity index (χ3v) is 6.46. The highest BCUT2D eigenvalue weighted by Crippen LogP contribution is 2.37. The van der Waals surface area contributed by atoms with E-state index in [-0.39, 0.29) is 0 Å². The summed E-state index contributed by atoms with van der Waals surface area (Å²) in [6.07, 6.45) is 4.62. The zero-order chi connectivity index (χ0) is 28.1. The standard InChI is InChI=1S/C29H31N7O4/c1-4-26(37)32-24-9-5-6-10-25(24)33-28-31-16-20-18-35(21-12-22(39-2)14-23(13-21)40-3)29(38)36(27(20)34-28)17-19-8-7-11-30-15-19/h4-16,26,29,32,37-38H,1,17-18H2,2-3H3,(H,31,33,34). The van der Waals surface area contributed by atoms with Gasteiger partial charge in [0.25, 0.3) is 0 Å². The predicted molar refractivity (Wildman–Crippen MR) is 154 cm³/mol. The number of nitrogens with zero attached hydrogens (tertiary/aromatic N) is 5. The van der Waals surface area contributed by atoms with Crippen molar-refractivity contribution in [1.29, 1.82) is 0 Å². The zero-order valence-corrected chi connectivity index (χ0v) is 22.2. The fourth-order valence-electron chi connectivity index (χ4n) is 4.45. The van der Waals surface area contributed by atoms with Crippen molar-refractivity contribution < 1.29 is 19.7 Å². The van der Waals surface area contributed by atoms with E-state index in [1.165, 1.54) is 6.08 Å². The number of para-hydroxylation sites is 2. The van der Waals surface area contributed by atoms with Crippen LogP contribution in [-0.2, 0) is 13.1 Å². The minimum absolute atomic E-state index is 0.334. The van der Waals surface area contributed by atoms with E-state index >= 15 is 0 Å². The molecule has 1 aliphatic rings. The number of pyridine rings is 1. The van der Waals surface area contributed by atoms with Crippen LogP contribution in [0, 0.1) is 0 Å². The van der Waals surface area contributed by atoms with E-state index in [9.17, 15) is 10.2 Å². The summed E-state index contributed by atoms with van der Waals surface area (Å²) in [7, 11) is 3.17. The molecule has 5 rings (SSSR count). The van der Waals surface area contributed by atoms with Crippen molar-refractivity contribution in [1.82, 2.24) is 15.0 Å². The van der Waals surface area contributed by atoms with Crippen LogP contribution in [0.4, 0.5) is 28.8 Å². The summed E-state index contributed by atoms with van der Waals surface area (Å²) in [6, 6.07) is 16.7. The number of hydrogen-bond donors (Lipinski definition) is 4. The van der Waals surface area contributed by atoms with Crippen LogP contribution in [-0.4, -0.2) is 52.0 Å². The zero-order valence-electron chi connectivity index (χ0n) is 22.2. The lowest BCUT2D eigenvalue weighted by molar-refractivity contribution is 0.152. The van der Waals surface area contributed by atoms with Crippen LogP contribution in [0.2, 0.25) is 0 Å². The molecular formula is C29H31N7O4. The highest BCUT2D eigenvalue weighted by molar-refractivity contribution is 5.73. The highest BCUT2D eigenvalue weighted by Gasteiger charge is 2.34. The molecule has 0 fully saturated rings. The van der Waals surface area contributed by atoms with Crippen LogP contribution >= 0.6 is 0 Å². The molecule has 4 aromatic rings. The van der Waals surface area contributed by atoms with Crippen molar-refractivity contribution in [3.8, 4) is 11.5 Å². The van der Waals surface area contributed by atoms with Gasteiger partial charge in [0.15, 0.2) is 0 Å². The second-order valence-electron chi connectivity index (χ2n) is 9.07. The Kier molecular flexibility index (Phi) is 7.94.